The summed E-state index contributed by atoms with van der Waals surface area (Å²) in [6.07, 6.45) is 4.67. The first-order valence-electron chi connectivity index (χ1n) is 9.94. The molecule has 8 heteroatoms. The van der Waals surface area contributed by atoms with Gasteiger partial charge >= 0.3 is 5.97 Å². The van der Waals surface area contributed by atoms with Crippen LogP contribution in [0.25, 0.3) is 10.8 Å². The van der Waals surface area contributed by atoms with Gasteiger partial charge in [-0.05, 0) is 35.7 Å². The molecule has 1 saturated carbocycles. The molecule has 0 aliphatic heterocycles. The van der Waals surface area contributed by atoms with Crippen LogP contribution in [0.4, 0.5) is 5.69 Å². The topological polar surface area (TPSA) is 128 Å². The van der Waals surface area contributed by atoms with E-state index >= 15 is 0 Å². The van der Waals surface area contributed by atoms with Crippen molar-refractivity contribution in [2.24, 2.45) is 0 Å². The molecule has 5 N–H and O–H groups in total. The van der Waals surface area contributed by atoms with E-state index < -0.39 is 35.8 Å². The van der Waals surface area contributed by atoms with Crippen molar-refractivity contribution in [3.05, 3.63) is 53.9 Å². The van der Waals surface area contributed by atoms with Gasteiger partial charge < -0.3 is 26.2 Å². The zero-order valence-corrected chi connectivity index (χ0v) is 16.5. The Labute approximate surface area is 174 Å². The third-order valence-electron chi connectivity index (χ3n) is 5.05. The van der Waals surface area contributed by atoms with Crippen LogP contribution in [0, 0.1) is 0 Å². The van der Waals surface area contributed by atoms with Crippen LogP contribution >= 0.6 is 0 Å². The minimum atomic E-state index is -1.23. The van der Waals surface area contributed by atoms with E-state index in [1.54, 1.807) is 12.1 Å². The van der Waals surface area contributed by atoms with Crippen molar-refractivity contribution in [1.82, 2.24) is 10.6 Å². The summed E-state index contributed by atoms with van der Waals surface area (Å²) in [5.74, 6) is -3.57. The average molecular weight is 411 g/mol. The Bertz CT molecular complexity index is 980. The first kappa shape index (κ1) is 21.2. The first-order chi connectivity index (χ1) is 14.4. The number of rotatable bonds is 7. The molecule has 2 amide bonds. The van der Waals surface area contributed by atoms with Crippen molar-refractivity contribution in [2.75, 3.05) is 11.9 Å². The van der Waals surface area contributed by atoms with Crippen LogP contribution in [-0.2, 0) is 14.4 Å². The standard InChI is InChI=1S/C22H25N3O5/c26-18(27)13-23-20(28)19(21(29)24-16-8-2-1-3-9-16)22(30)25-17-11-10-14-6-4-5-7-15(14)12-17/h4-7,10-12,16,23,28H,1-3,8-9,13H2,(H,24,29)(H,25,30)(H,26,27). The van der Waals surface area contributed by atoms with Crippen LogP contribution < -0.4 is 16.0 Å². The molecule has 1 aliphatic carbocycles. The van der Waals surface area contributed by atoms with Gasteiger partial charge in [0.25, 0.3) is 11.8 Å². The second-order valence-corrected chi connectivity index (χ2v) is 7.30. The largest absolute Gasteiger partial charge is 0.494 e. The number of carboxylic acid groups (broad SMARTS) is 1. The fourth-order valence-corrected chi connectivity index (χ4v) is 3.53. The van der Waals surface area contributed by atoms with Crippen molar-refractivity contribution >= 4 is 34.2 Å². The monoisotopic (exact) mass is 411 g/mol. The lowest BCUT2D eigenvalue weighted by Gasteiger charge is -2.23. The molecule has 0 saturated heterocycles. The van der Waals surface area contributed by atoms with Crippen LogP contribution in [0.1, 0.15) is 32.1 Å². The van der Waals surface area contributed by atoms with Gasteiger partial charge in [0, 0.05) is 11.7 Å². The number of aliphatic hydroxyl groups excluding tert-OH is 1. The van der Waals surface area contributed by atoms with E-state index in [9.17, 15) is 19.5 Å². The number of nitrogens with one attached hydrogen (secondary N) is 3. The van der Waals surface area contributed by atoms with Gasteiger partial charge in [0.05, 0.1) is 0 Å². The summed E-state index contributed by atoms with van der Waals surface area (Å²) >= 11 is 0. The minimum absolute atomic E-state index is 0.0815. The minimum Gasteiger partial charge on any atom is -0.494 e. The Morgan fingerprint density at radius 1 is 0.900 bits per heavy atom. The highest BCUT2D eigenvalue weighted by Crippen LogP contribution is 2.21. The van der Waals surface area contributed by atoms with E-state index in [0.29, 0.717) is 5.69 Å². The number of benzene rings is 2. The van der Waals surface area contributed by atoms with E-state index in [0.717, 1.165) is 42.9 Å². The lowest BCUT2D eigenvalue weighted by atomic mass is 9.95. The molecule has 30 heavy (non-hydrogen) atoms. The van der Waals surface area contributed by atoms with Crippen LogP contribution in [0.3, 0.4) is 0 Å². The predicted molar refractivity (Wildman–Crippen MR) is 113 cm³/mol. The zero-order chi connectivity index (χ0) is 21.5. The Hall–Kier alpha value is -3.55. The van der Waals surface area contributed by atoms with E-state index in [1.807, 2.05) is 30.3 Å². The molecule has 158 valence electrons. The molecule has 0 aromatic heterocycles. The number of hydrogen-bond acceptors (Lipinski definition) is 5. The van der Waals surface area contributed by atoms with Crippen LogP contribution in [0.2, 0.25) is 0 Å². The number of anilines is 1. The second kappa shape index (κ2) is 9.78. The van der Waals surface area contributed by atoms with Crippen molar-refractivity contribution < 1.29 is 24.6 Å². The lowest BCUT2D eigenvalue weighted by Crippen LogP contribution is -2.41. The highest BCUT2D eigenvalue weighted by atomic mass is 16.4. The van der Waals surface area contributed by atoms with Crippen molar-refractivity contribution in [3.63, 3.8) is 0 Å². The number of carbonyl (C=O) groups excluding carboxylic acids is 2. The number of aliphatic hydroxyl groups is 1. The Morgan fingerprint density at radius 2 is 1.60 bits per heavy atom. The van der Waals surface area contributed by atoms with Gasteiger partial charge in [0.2, 0.25) is 5.88 Å². The summed E-state index contributed by atoms with van der Waals surface area (Å²) in [7, 11) is 0. The Balaban J connectivity index is 1.81. The van der Waals surface area contributed by atoms with Gasteiger partial charge in [-0.3, -0.25) is 14.4 Å². The van der Waals surface area contributed by atoms with Gasteiger partial charge in [-0.2, -0.15) is 0 Å². The third-order valence-corrected chi connectivity index (χ3v) is 5.05. The maximum Gasteiger partial charge on any atom is 0.322 e. The van der Waals surface area contributed by atoms with Crippen LogP contribution in [-0.4, -0.2) is 40.6 Å². The molecular weight excluding hydrogens is 386 g/mol. The molecule has 2 aromatic carbocycles. The number of amides is 2. The fraction of sp³-hybridized carbons (Fsp3) is 0.318. The summed E-state index contributed by atoms with van der Waals surface area (Å²) in [4.78, 5) is 36.4. The number of fused-ring (bicyclic) bond motifs is 1. The van der Waals surface area contributed by atoms with Gasteiger partial charge in [-0.1, -0.05) is 49.6 Å². The van der Waals surface area contributed by atoms with E-state index in [4.69, 9.17) is 5.11 Å². The number of carboxylic acids is 1. The molecular formula is C22H25N3O5. The molecule has 1 fully saturated rings. The molecule has 2 aromatic rings. The summed E-state index contributed by atoms with van der Waals surface area (Å²) in [5.41, 5.74) is -0.0947. The molecule has 1 aliphatic rings. The quantitative estimate of drug-likeness (QED) is 0.206. The average Bonchev–Trinajstić information content (AvgIpc) is 2.73. The summed E-state index contributed by atoms with van der Waals surface area (Å²) in [5, 5.41) is 28.6. The van der Waals surface area contributed by atoms with E-state index in [1.165, 1.54) is 0 Å². The van der Waals surface area contributed by atoms with Crippen LogP contribution in [0.5, 0.6) is 0 Å². The number of aliphatic carboxylic acids is 1. The first-order valence-corrected chi connectivity index (χ1v) is 9.94. The highest BCUT2D eigenvalue weighted by Gasteiger charge is 2.27. The highest BCUT2D eigenvalue weighted by molar-refractivity contribution is 6.23. The molecule has 0 bridgehead atoms. The molecule has 0 heterocycles. The SMILES string of the molecule is O=C(O)CNC(O)=C(C(=O)Nc1ccc2ccccc2c1)C(=O)NC1CCCCC1. The molecule has 0 unspecified atom stereocenters. The number of carbonyl (C=O) groups is 3. The van der Waals surface area contributed by atoms with Gasteiger partial charge in [-0.15, -0.1) is 0 Å². The normalized spacial score (nSPS) is 15.2. The van der Waals surface area contributed by atoms with Crippen molar-refractivity contribution in [1.29, 1.82) is 0 Å². The maximum absolute atomic E-state index is 12.8. The van der Waals surface area contributed by atoms with Gasteiger partial charge in [0.15, 0.2) is 5.57 Å². The maximum atomic E-state index is 12.8. The van der Waals surface area contributed by atoms with Crippen LogP contribution in [0.15, 0.2) is 53.9 Å². The third kappa shape index (κ3) is 5.50. The Morgan fingerprint density at radius 3 is 2.30 bits per heavy atom. The van der Waals surface area contributed by atoms with Crippen molar-refractivity contribution in [2.45, 2.75) is 38.1 Å². The van der Waals surface area contributed by atoms with Crippen molar-refractivity contribution in [3.8, 4) is 0 Å². The van der Waals surface area contributed by atoms with E-state index in [2.05, 4.69) is 16.0 Å². The molecule has 3 rings (SSSR count). The van der Waals surface area contributed by atoms with Gasteiger partial charge in [-0.25, -0.2) is 0 Å². The zero-order valence-electron chi connectivity index (χ0n) is 16.5. The summed E-state index contributed by atoms with van der Waals surface area (Å²) in [6, 6.07) is 12.8. The molecule has 0 atom stereocenters. The number of hydrogen-bond donors (Lipinski definition) is 5. The van der Waals surface area contributed by atoms with E-state index in [-0.39, 0.29) is 6.04 Å². The predicted octanol–water partition coefficient (Wildman–Crippen LogP) is 2.67. The molecule has 0 spiro atoms. The lowest BCUT2D eigenvalue weighted by molar-refractivity contribution is -0.136. The molecule has 8 nitrogen and oxygen atoms in total. The smallest absolute Gasteiger partial charge is 0.322 e. The fourth-order valence-electron chi connectivity index (χ4n) is 3.53. The Kier molecular flexibility index (Phi) is 6.90. The summed E-state index contributed by atoms with van der Waals surface area (Å²) < 4.78 is 0. The second-order valence-electron chi connectivity index (χ2n) is 7.30. The molecule has 0 radical (unpaired) electrons. The summed E-state index contributed by atoms with van der Waals surface area (Å²) in [6.45, 7) is -0.630. The van der Waals surface area contributed by atoms with Gasteiger partial charge in [0.1, 0.15) is 6.54 Å².